The van der Waals surface area contributed by atoms with Crippen molar-refractivity contribution < 1.29 is 4.79 Å². The molecule has 0 radical (unpaired) electrons. The van der Waals surface area contributed by atoms with Gasteiger partial charge in [0.15, 0.2) is 0 Å². The number of carbonyl (C=O) groups is 1. The number of nitrogens with one attached hydrogen (secondary N) is 1. The summed E-state index contributed by atoms with van der Waals surface area (Å²) in [4.78, 5) is 20.2. The Morgan fingerprint density at radius 1 is 1.19 bits per heavy atom. The molecule has 0 aliphatic carbocycles. The second-order valence-electron chi connectivity index (χ2n) is 4.40. The van der Waals surface area contributed by atoms with Crippen molar-refractivity contribution in [1.29, 1.82) is 0 Å². The van der Waals surface area contributed by atoms with E-state index in [-0.39, 0.29) is 5.91 Å². The Labute approximate surface area is 130 Å². The number of rotatable bonds is 3. The Morgan fingerprint density at radius 3 is 2.81 bits per heavy atom. The molecule has 7 heteroatoms. The van der Waals surface area contributed by atoms with E-state index in [1.807, 2.05) is 16.7 Å². The fourth-order valence-electron chi connectivity index (χ4n) is 1.89. The molecule has 5 nitrogen and oxygen atoms in total. The lowest BCUT2D eigenvalue weighted by Gasteiger charge is -2.02. The third kappa shape index (κ3) is 3.15. The largest absolute Gasteiger partial charge is 0.346 e. The van der Waals surface area contributed by atoms with E-state index in [0.717, 1.165) is 11.3 Å². The number of amides is 1. The molecule has 1 N–H and O–H groups in total. The Hall–Kier alpha value is -2.11. The first kappa shape index (κ1) is 13.9. The fourth-order valence-corrected chi connectivity index (χ4v) is 2.17. The van der Waals surface area contributed by atoms with Gasteiger partial charge >= 0.3 is 0 Å². The monoisotopic (exact) mass is 320 g/mol. The topological polar surface area (TPSA) is 59.3 Å². The van der Waals surface area contributed by atoms with Crippen LogP contribution in [0.2, 0.25) is 10.2 Å². The molecule has 0 spiro atoms. The van der Waals surface area contributed by atoms with Crippen LogP contribution in [0.1, 0.15) is 16.1 Å². The minimum absolute atomic E-state index is 0.228. The molecule has 3 heterocycles. The lowest BCUT2D eigenvalue weighted by Crippen LogP contribution is -2.23. The molecular formula is C14H10Cl2N4O. The number of carbonyl (C=O) groups excluding carboxylic acids is 1. The van der Waals surface area contributed by atoms with Gasteiger partial charge in [0.1, 0.15) is 10.8 Å². The molecule has 0 aromatic carbocycles. The highest BCUT2D eigenvalue weighted by atomic mass is 35.5. The minimum atomic E-state index is -0.228. The van der Waals surface area contributed by atoms with Crippen LogP contribution < -0.4 is 5.32 Å². The fraction of sp³-hybridized carbons (Fsp3) is 0.0714. The molecule has 0 fully saturated rings. The summed E-state index contributed by atoms with van der Waals surface area (Å²) >= 11 is 11.6. The Bertz CT molecular complexity index is 798. The molecule has 0 unspecified atom stereocenters. The van der Waals surface area contributed by atoms with Gasteiger partial charge in [-0.1, -0.05) is 23.2 Å². The molecule has 106 valence electrons. The first-order chi connectivity index (χ1) is 10.1. The van der Waals surface area contributed by atoms with Crippen molar-refractivity contribution in [2.24, 2.45) is 0 Å². The molecule has 21 heavy (non-hydrogen) atoms. The summed E-state index contributed by atoms with van der Waals surface area (Å²) in [5, 5.41) is 3.76. The van der Waals surface area contributed by atoms with E-state index in [2.05, 4.69) is 15.3 Å². The first-order valence-electron chi connectivity index (χ1n) is 6.15. The van der Waals surface area contributed by atoms with Gasteiger partial charge in [-0.25, -0.2) is 9.97 Å². The summed E-state index contributed by atoms with van der Waals surface area (Å²) in [6, 6.07) is 6.78. The van der Waals surface area contributed by atoms with Crippen LogP contribution in [-0.4, -0.2) is 20.3 Å². The van der Waals surface area contributed by atoms with E-state index in [1.54, 1.807) is 24.4 Å². The van der Waals surface area contributed by atoms with E-state index < -0.39 is 0 Å². The van der Waals surface area contributed by atoms with Gasteiger partial charge in [0, 0.05) is 18.6 Å². The first-order valence-corrected chi connectivity index (χ1v) is 6.90. The molecular weight excluding hydrogens is 311 g/mol. The van der Waals surface area contributed by atoms with Crippen LogP contribution in [0.25, 0.3) is 5.65 Å². The average Bonchev–Trinajstić information content (AvgIpc) is 2.87. The number of nitrogens with zero attached hydrogens (tertiary/aromatic N) is 3. The quantitative estimate of drug-likeness (QED) is 0.755. The van der Waals surface area contributed by atoms with Gasteiger partial charge in [-0.3, -0.25) is 4.79 Å². The highest BCUT2D eigenvalue weighted by Crippen LogP contribution is 2.12. The number of pyridine rings is 2. The van der Waals surface area contributed by atoms with Crippen molar-refractivity contribution in [2.45, 2.75) is 6.54 Å². The van der Waals surface area contributed by atoms with Crippen molar-refractivity contribution in [3.05, 3.63) is 64.3 Å². The van der Waals surface area contributed by atoms with Gasteiger partial charge in [0.2, 0.25) is 0 Å². The smallest absolute Gasteiger partial charge is 0.253 e. The normalized spacial score (nSPS) is 10.8. The van der Waals surface area contributed by atoms with Gasteiger partial charge in [-0.15, -0.1) is 0 Å². The molecule has 0 bridgehead atoms. The Morgan fingerprint density at radius 2 is 2.05 bits per heavy atom. The van der Waals surface area contributed by atoms with Crippen LogP contribution in [0.5, 0.6) is 0 Å². The molecule has 0 saturated carbocycles. The number of hydrogen-bond acceptors (Lipinski definition) is 3. The van der Waals surface area contributed by atoms with Gasteiger partial charge in [-0.05, 0) is 24.3 Å². The SMILES string of the molecule is O=C(NCc1cn2cc(Cl)ccc2n1)c1ccc(Cl)nc1. The molecule has 0 aliphatic rings. The zero-order chi connectivity index (χ0) is 14.8. The van der Waals surface area contributed by atoms with Crippen molar-refractivity contribution in [1.82, 2.24) is 19.7 Å². The van der Waals surface area contributed by atoms with E-state index >= 15 is 0 Å². The maximum Gasteiger partial charge on any atom is 0.253 e. The second kappa shape index (κ2) is 5.71. The lowest BCUT2D eigenvalue weighted by molar-refractivity contribution is 0.0950. The zero-order valence-electron chi connectivity index (χ0n) is 10.8. The van der Waals surface area contributed by atoms with Gasteiger partial charge < -0.3 is 9.72 Å². The second-order valence-corrected chi connectivity index (χ2v) is 5.22. The number of imidazole rings is 1. The summed E-state index contributed by atoms with van der Waals surface area (Å²) < 4.78 is 1.81. The van der Waals surface area contributed by atoms with Crippen LogP contribution in [0.3, 0.4) is 0 Å². The van der Waals surface area contributed by atoms with Crippen LogP contribution in [0.4, 0.5) is 0 Å². The Kier molecular flexibility index (Phi) is 3.77. The summed E-state index contributed by atoms with van der Waals surface area (Å²) in [6.07, 6.45) is 5.01. The maximum atomic E-state index is 11.9. The highest BCUT2D eigenvalue weighted by molar-refractivity contribution is 6.30. The van der Waals surface area contributed by atoms with Crippen molar-refractivity contribution in [3.63, 3.8) is 0 Å². The number of halogens is 2. The number of hydrogen-bond donors (Lipinski definition) is 1. The minimum Gasteiger partial charge on any atom is -0.346 e. The standard InChI is InChI=1S/C14H10Cl2N4O/c15-10-2-4-13-19-11(8-20(13)7-10)6-18-14(21)9-1-3-12(16)17-5-9/h1-5,7-8H,6H2,(H,18,21). The number of aromatic nitrogens is 3. The summed E-state index contributed by atoms with van der Waals surface area (Å²) in [7, 11) is 0. The lowest BCUT2D eigenvalue weighted by atomic mass is 10.2. The molecule has 0 saturated heterocycles. The van der Waals surface area contributed by atoms with Crippen LogP contribution in [-0.2, 0) is 6.54 Å². The molecule has 0 atom stereocenters. The molecule has 0 aliphatic heterocycles. The summed E-state index contributed by atoms with van der Waals surface area (Å²) in [6.45, 7) is 0.320. The van der Waals surface area contributed by atoms with Crippen LogP contribution >= 0.6 is 23.2 Å². The van der Waals surface area contributed by atoms with Crippen molar-refractivity contribution >= 4 is 34.8 Å². The van der Waals surface area contributed by atoms with Crippen molar-refractivity contribution in [3.8, 4) is 0 Å². The van der Waals surface area contributed by atoms with E-state index in [4.69, 9.17) is 23.2 Å². The van der Waals surface area contributed by atoms with E-state index in [0.29, 0.717) is 22.3 Å². The summed E-state index contributed by atoms with van der Waals surface area (Å²) in [5.41, 5.74) is 1.97. The van der Waals surface area contributed by atoms with Crippen LogP contribution in [0.15, 0.2) is 42.9 Å². The van der Waals surface area contributed by atoms with E-state index in [1.165, 1.54) is 6.20 Å². The average molecular weight is 321 g/mol. The van der Waals surface area contributed by atoms with E-state index in [9.17, 15) is 4.79 Å². The predicted octanol–water partition coefficient (Wildman–Crippen LogP) is 2.97. The molecule has 1 amide bonds. The third-order valence-corrected chi connectivity index (χ3v) is 3.33. The van der Waals surface area contributed by atoms with Crippen LogP contribution in [0, 0.1) is 0 Å². The summed E-state index contributed by atoms with van der Waals surface area (Å²) in [5.74, 6) is -0.228. The zero-order valence-corrected chi connectivity index (χ0v) is 12.3. The molecule has 3 rings (SSSR count). The van der Waals surface area contributed by atoms with Gasteiger partial charge in [-0.2, -0.15) is 0 Å². The van der Waals surface area contributed by atoms with Gasteiger partial charge in [0.25, 0.3) is 5.91 Å². The third-order valence-electron chi connectivity index (χ3n) is 2.88. The van der Waals surface area contributed by atoms with Gasteiger partial charge in [0.05, 0.1) is 22.8 Å². The maximum absolute atomic E-state index is 11.9. The number of fused-ring (bicyclic) bond motifs is 1. The predicted molar refractivity (Wildman–Crippen MR) is 80.6 cm³/mol. The Balaban J connectivity index is 1.71. The molecule has 3 aromatic rings. The molecule has 3 aromatic heterocycles. The van der Waals surface area contributed by atoms with Crippen molar-refractivity contribution in [2.75, 3.05) is 0 Å². The highest BCUT2D eigenvalue weighted by Gasteiger charge is 2.07.